The van der Waals surface area contributed by atoms with Crippen LogP contribution in [0.1, 0.15) is 107 Å². The number of hydrogen-bond acceptors (Lipinski definition) is 3. The smallest absolute Gasteiger partial charge is 0.310 e. The van der Waals surface area contributed by atoms with Crippen molar-refractivity contribution in [3.8, 4) is 0 Å². The molecule has 0 aliphatic heterocycles. The van der Waals surface area contributed by atoms with Gasteiger partial charge in [0.2, 0.25) is 0 Å². The lowest BCUT2D eigenvalue weighted by Crippen LogP contribution is -2.71. The lowest BCUT2D eigenvalue weighted by molar-refractivity contribution is -0.270. The van der Waals surface area contributed by atoms with E-state index in [0.717, 1.165) is 44.9 Å². The molecule has 0 amide bonds. The van der Waals surface area contributed by atoms with Gasteiger partial charge >= 0.3 is 5.97 Å². The molecule has 0 heterocycles. The predicted octanol–water partition coefficient (Wildman–Crippen LogP) is 6.45. The topological polar surface area (TPSA) is 77.8 Å². The molecule has 3 N–H and O–H groups in total. The lowest BCUT2D eigenvalue weighted by atomic mass is 9.28. The maximum atomic E-state index is 12.9. The van der Waals surface area contributed by atoms with Crippen LogP contribution in [0.4, 0.5) is 0 Å². The summed E-state index contributed by atoms with van der Waals surface area (Å²) in [5.74, 6) is 0.798. The van der Waals surface area contributed by atoms with Gasteiger partial charge in [0.1, 0.15) is 0 Å². The molecule has 4 nitrogen and oxygen atoms in total. The molecule has 11 atom stereocenters. The van der Waals surface area contributed by atoms with Gasteiger partial charge in [0.25, 0.3) is 0 Å². The van der Waals surface area contributed by atoms with E-state index in [-0.39, 0.29) is 33.0 Å². The Kier molecular flexibility index (Phi) is 5.42. The van der Waals surface area contributed by atoms with Crippen LogP contribution in [0.5, 0.6) is 0 Å². The van der Waals surface area contributed by atoms with Crippen LogP contribution in [0.3, 0.4) is 0 Å². The number of fused-ring (bicyclic) bond motifs is 7. The van der Waals surface area contributed by atoms with Crippen LogP contribution < -0.4 is 0 Å². The number of rotatable bonds is 1. The van der Waals surface area contributed by atoms with Gasteiger partial charge in [-0.25, -0.2) is 0 Å². The highest BCUT2D eigenvalue weighted by Crippen LogP contribution is 2.80. The van der Waals surface area contributed by atoms with Crippen molar-refractivity contribution < 1.29 is 20.1 Å². The monoisotopic (exact) mass is 486 g/mol. The molecular weight excluding hydrogens is 436 g/mol. The van der Waals surface area contributed by atoms with Crippen molar-refractivity contribution in [2.45, 2.75) is 119 Å². The second-order valence-electron chi connectivity index (χ2n) is 15.2. The standard InChI is InChI=1S/C31H50O4/c1-18-9-14-31(25(34)35)16-15-27(5)20(23(31)19(18)2)10-12-30(8)28(6)17-21(32)24(33)26(3,4)22(28)11-13-29(27,30)7/h10,18-19,21-24,32-33H,9,11-17H2,1-8H3,(H,34,35)/t18-,19+,21-,22+,23+,24+,27-,28+,29+,30-,31+/m1/s1. The zero-order valence-corrected chi connectivity index (χ0v) is 23.4. The number of aliphatic carboxylic acids is 1. The number of aliphatic hydroxyl groups excluding tert-OH is 2. The highest BCUT2D eigenvalue weighted by molar-refractivity contribution is 5.76. The average Bonchev–Trinajstić information content (AvgIpc) is 2.77. The Morgan fingerprint density at radius 1 is 0.914 bits per heavy atom. The molecule has 0 saturated heterocycles. The fourth-order valence-electron chi connectivity index (χ4n) is 11.4. The van der Waals surface area contributed by atoms with Gasteiger partial charge in [-0.05, 0) is 102 Å². The van der Waals surface area contributed by atoms with Crippen LogP contribution in [0.25, 0.3) is 0 Å². The zero-order valence-electron chi connectivity index (χ0n) is 23.4. The van der Waals surface area contributed by atoms with Crippen molar-refractivity contribution in [2.24, 2.45) is 56.2 Å². The molecule has 5 rings (SSSR count). The molecule has 0 radical (unpaired) electrons. The Labute approximate surface area is 213 Å². The molecule has 0 aromatic rings. The molecule has 4 heteroatoms. The first-order valence-corrected chi connectivity index (χ1v) is 14.3. The van der Waals surface area contributed by atoms with Gasteiger partial charge in [-0.1, -0.05) is 67.0 Å². The predicted molar refractivity (Wildman–Crippen MR) is 139 cm³/mol. The first-order valence-electron chi connectivity index (χ1n) is 14.3. The lowest BCUT2D eigenvalue weighted by Gasteiger charge is -2.76. The second-order valence-corrected chi connectivity index (χ2v) is 15.2. The summed E-state index contributed by atoms with van der Waals surface area (Å²) in [4.78, 5) is 12.9. The van der Waals surface area contributed by atoms with Gasteiger partial charge in [0.15, 0.2) is 0 Å². The van der Waals surface area contributed by atoms with Crippen LogP contribution in [0.2, 0.25) is 0 Å². The quantitative estimate of drug-likeness (QED) is 0.372. The molecule has 35 heavy (non-hydrogen) atoms. The van der Waals surface area contributed by atoms with Crippen molar-refractivity contribution in [1.29, 1.82) is 0 Å². The maximum absolute atomic E-state index is 12.9. The second kappa shape index (κ2) is 7.37. The fourth-order valence-corrected chi connectivity index (χ4v) is 11.4. The van der Waals surface area contributed by atoms with Crippen LogP contribution >= 0.6 is 0 Å². The van der Waals surface area contributed by atoms with Crippen molar-refractivity contribution in [3.05, 3.63) is 11.6 Å². The van der Waals surface area contributed by atoms with E-state index in [4.69, 9.17) is 0 Å². The Morgan fingerprint density at radius 3 is 2.20 bits per heavy atom. The SMILES string of the molecule is C[C@H]1[C@H](C)CC[C@]2(C(=O)O)CC[C@]3(C)C(=CC[C@@]4(C)[C@@]3(C)CC[C@H]3C(C)(C)[C@@H](O)[C@H](O)C[C@@]34C)[C@H]12. The summed E-state index contributed by atoms with van der Waals surface area (Å²) in [5, 5.41) is 32.7. The normalized spacial score (nSPS) is 57.1. The highest BCUT2D eigenvalue weighted by Gasteiger charge is 2.74. The van der Waals surface area contributed by atoms with E-state index in [2.05, 4.69) is 61.5 Å². The summed E-state index contributed by atoms with van der Waals surface area (Å²) in [6.07, 6.45) is 8.37. The van der Waals surface area contributed by atoms with Crippen LogP contribution in [-0.2, 0) is 4.79 Å². The maximum Gasteiger partial charge on any atom is 0.310 e. The summed E-state index contributed by atoms with van der Waals surface area (Å²) < 4.78 is 0. The minimum absolute atomic E-state index is 0.0124. The van der Waals surface area contributed by atoms with E-state index < -0.39 is 23.6 Å². The average molecular weight is 487 g/mol. The molecule has 0 aromatic heterocycles. The molecule has 0 aromatic carbocycles. The highest BCUT2D eigenvalue weighted by atomic mass is 16.4. The van der Waals surface area contributed by atoms with Gasteiger partial charge in [0.05, 0.1) is 17.6 Å². The molecule has 0 spiro atoms. The minimum atomic E-state index is -0.700. The van der Waals surface area contributed by atoms with Gasteiger partial charge in [0, 0.05) is 0 Å². The number of hydrogen-bond donors (Lipinski definition) is 3. The molecule has 4 saturated carbocycles. The first kappa shape index (κ1) is 25.8. The summed E-state index contributed by atoms with van der Waals surface area (Å²) in [6.45, 7) is 18.8. The fraction of sp³-hybridized carbons (Fsp3) is 0.903. The largest absolute Gasteiger partial charge is 0.481 e. The Hall–Kier alpha value is -0.870. The van der Waals surface area contributed by atoms with Crippen molar-refractivity contribution in [3.63, 3.8) is 0 Å². The molecular formula is C31H50O4. The number of allylic oxidation sites excluding steroid dienone is 2. The third kappa shape index (κ3) is 2.75. The summed E-state index contributed by atoms with van der Waals surface area (Å²) in [7, 11) is 0. The third-order valence-corrected chi connectivity index (χ3v) is 14.3. The Morgan fingerprint density at radius 2 is 1.57 bits per heavy atom. The van der Waals surface area contributed by atoms with Crippen molar-refractivity contribution >= 4 is 5.97 Å². The molecule has 0 unspecified atom stereocenters. The molecule has 198 valence electrons. The van der Waals surface area contributed by atoms with Crippen LogP contribution in [0.15, 0.2) is 11.6 Å². The number of aliphatic hydroxyl groups is 2. The van der Waals surface area contributed by atoms with Crippen LogP contribution in [-0.4, -0.2) is 33.5 Å². The molecule has 4 fully saturated rings. The first-order chi connectivity index (χ1) is 16.0. The molecule has 0 bridgehead atoms. The van der Waals surface area contributed by atoms with Gasteiger partial charge < -0.3 is 15.3 Å². The van der Waals surface area contributed by atoms with E-state index in [0.29, 0.717) is 24.2 Å². The van der Waals surface area contributed by atoms with E-state index in [1.165, 1.54) is 5.57 Å². The van der Waals surface area contributed by atoms with E-state index in [1.807, 2.05) is 0 Å². The van der Waals surface area contributed by atoms with Crippen molar-refractivity contribution in [2.75, 3.05) is 0 Å². The summed E-state index contributed by atoms with van der Waals surface area (Å²) in [5.41, 5.74) is 0.331. The van der Waals surface area contributed by atoms with Crippen molar-refractivity contribution in [1.82, 2.24) is 0 Å². The van der Waals surface area contributed by atoms with E-state index in [1.54, 1.807) is 0 Å². The number of carbonyl (C=O) groups is 1. The van der Waals surface area contributed by atoms with Gasteiger partial charge in [-0.2, -0.15) is 0 Å². The Balaban J connectivity index is 1.67. The zero-order chi connectivity index (χ0) is 26.0. The van der Waals surface area contributed by atoms with Gasteiger partial charge in [-0.3, -0.25) is 4.79 Å². The number of carboxylic acids is 1. The van der Waals surface area contributed by atoms with E-state index >= 15 is 0 Å². The van der Waals surface area contributed by atoms with Gasteiger partial charge in [-0.15, -0.1) is 0 Å². The Bertz CT molecular complexity index is 954. The third-order valence-electron chi connectivity index (χ3n) is 14.3. The number of carboxylic acid groups (broad SMARTS) is 1. The van der Waals surface area contributed by atoms with Crippen LogP contribution in [0, 0.1) is 56.2 Å². The summed E-state index contributed by atoms with van der Waals surface area (Å²) >= 11 is 0. The van der Waals surface area contributed by atoms with E-state index in [9.17, 15) is 20.1 Å². The summed E-state index contributed by atoms with van der Waals surface area (Å²) in [6, 6.07) is 0. The minimum Gasteiger partial charge on any atom is -0.481 e. The molecule has 5 aliphatic carbocycles. The molecule has 5 aliphatic rings.